The second-order valence-electron chi connectivity index (χ2n) is 2.77. The Balaban J connectivity index is 2.79. The Morgan fingerprint density at radius 3 is 2.79 bits per heavy atom. The van der Waals surface area contributed by atoms with E-state index in [9.17, 15) is 8.42 Å². The van der Waals surface area contributed by atoms with E-state index in [-0.39, 0.29) is 5.75 Å². The molecule has 1 N–H and O–H groups in total. The second kappa shape index (κ2) is 4.75. The van der Waals surface area contributed by atoms with Gasteiger partial charge in [0.15, 0.2) is 0 Å². The third-order valence-electron chi connectivity index (χ3n) is 1.45. The van der Waals surface area contributed by atoms with Crippen LogP contribution in [0.4, 0.5) is 5.82 Å². The summed E-state index contributed by atoms with van der Waals surface area (Å²) >= 11 is 3.16. The van der Waals surface area contributed by atoms with Gasteiger partial charge in [-0.25, -0.2) is 13.4 Å². The molecule has 0 atom stereocenters. The summed E-state index contributed by atoms with van der Waals surface area (Å²) in [6.07, 6.45) is 0.587. The van der Waals surface area contributed by atoms with Gasteiger partial charge in [0.1, 0.15) is 10.4 Å². The van der Waals surface area contributed by atoms with Crippen LogP contribution < -0.4 is 4.72 Å². The van der Waals surface area contributed by atoms with Crippen LogP contribution >= 0.6 is 15.9 Å². The summed E-state index contributed by atoms with van der Waals surface area (Å²) in [7, 11) is -3.23. The van der Waals surface area contributed by atoms with Crippen molar-refractivity contribution in [2.45, 2.75) is 13.3 Å². The van der Waals surface area contributed by atoms with Gasteiger partial charge in [-0.2, -0.15) is 0 Å². The van der Waals surface area contributed by atoms with E-state index in [1.807, 2.05) is 6.92 Å². The van der Waals surface area contributed by atoms with Crippen molar-refractivity contribution in [3.63, 3.8) is 0 Å². The highest BCUT2D eigenvalue weighted by Gasteiger charge is 2.08. The van der Waals surface area contributed by atoms with Gasteiger partial charge in [-0.05, 0) is 34.5 Å². The predicted octanol–water partition coefficient (Wildman–Crippen LogP) is 2.00. The molecule has 0 saturated carbocycles. The molecule has 0 spiro atoms. The first-order valence-electron chi connectivity index (χ1n) is 4.16. The summed E-state index contributed by atoms with van der Waals surface area (Å²) in [5, 5.41) is 0. The lowest BCUT2D eigenvalue weighted by molar-refractivity contribution is 0.599. The van der Waals surface area contributed by atoms with E-state index in [4.69, 9.17) is 0 Å². The van der Waals surface area contributed by atoms with Gasteiger partial charge in [0.25, 0.3) is 0 Å². The fraction of sp³-hybridized carbons (Fsp3) is 0.375. The molecule has 0 radical (unpaired) electrons. The lowest BCUT2D eigenvalue weighted by Crippen LogP contribution is -2.16. The number of halogens is 1. The lowest BCUT2D eigenvalue weighted by atomic mass is 10.5. The molecule has 1 aromatic heterocycles. The molecule has 0 aliphatic rings. The maximum absolute atomic E-state index is 11.3. The van der Waals surface area contributed by atoms with Crippen LogP contribution in [0.25, 0.3) is 0 Å². The molecule has 0 saturated heterocycles. The molecule has 6 heteroatoms. The van der Waals surface area contributed by atoms with E-state index in [0.717, 1.165) is 0 Å². The normalized spacial score (nSPS) is 11.3. The summed E-state index contributed by atoms with van der Waals surface area (Å²) in [5.41, 5.74) is 0. The number of sulfonamides is 1. The Labute approximate surface area is 91.9 Å². The highest BCUT2D eigenvalue weighted by molar-refractivity contribution is 9.10. The van der Waals surface area contributed by atoms with Gasteiger partial charge < -0.3 is 0 Å². The molecule has 0 aliphatic carbocycles. The first kappa shape index (κ1) is 11.5. The summed E-state index contributed by atoms with van der Waals surface area (Å²) in [6, 6.07) is 5.07. The molecule has 1 rings (SSSR count). The number of rotatable bonds is 4. The zero-order valence-corrected chi connectivity index (χ0v) is 10.1. The van der Waals surface area contributed by atoms with Gasteiger partial charge >= 0.3 is 0 Å². The molecule has 0 bridgehead atoms. The molecule has 1 aromatic rings. The fourth-order valence-corrected chi connectivity index (χ4v) is 2.36. The quantitative estimate of drug-likeness (QED) is 0.857. The van der Waals surface area contributed by atoms with E-state index in [0.29, 0.717) is 16.8 Å². The monoisotopic (exact) mass is 278 g/mol. The van der Waals surface area contributed by atoms with Crippen LogP contribution in [-0.4, -0.2) is 19.2 Å². The van der Waals surface area contributed by atoms with Gasteiger partial charge in [0, 0.05) is 0 Å². The number of aromatic nitrogens is 1. The van der Waals surface area contributed by atoms with E-state index in [1.54, 1.807) is 18.2 Å². The summed E-state index contributed by atoms with van der Waals surface area (Å²) in [5.74, 6) is 0.453. The third kappa shape index (κ3) is 3.63. The van der Waals surface area contributed by atoms with E-state index >= 15 is 0 Å². The Hall–Kier alpha value is -0.620. The van der Waals surface area contributed by atoms with Crippen molar-refractivity contribution >= 4 is 31.8 Å². The summed E-state index contributed by atoms with van der Waals surface area (Å²) in [6.45, 7) is 1.81. The van der Waals surface area contributed by atoms with Crippen LogP contribution in [0.1, 0.15) is 13.3 Å². The van der Waals surface area contributed by atoms with Crippen molar-refractivity contribution in [1.82, 2.24) is 4.98 Å². The molecule has 4 nitrogen and oxygen atoms in total. The van der Waals surface area contributed by atoms with Gasteiger partial charge in [-0.3, -0.25) is 4.72 Å². The Morgan fingerprint density at radius 2 is 2.21 bits per heavy atom. The average Bonchev–Trinajstić information content (AvgIpc) is 2.02. The van der Waals surface area contributed by atoms with Crippen LogP contribution in [0.3, 0.4) is 0 Å². The second-order valence-corrected chi connectivity index (χ2v) is 5.42. The standard InChI is InChI=1S/C8H11BrN2O2S/c1-2-6-14(12,13)11-8-5-3-4-7(9)10-8/h3-5H,2,6H2,1H3,(H,10,11). The van der Waals surface area contributed by atoms with Gasteiger partial charge in [0.2, 0.25) is 10.0 Å². The molecular formula is C8H11BrN2O2S. The smallest absolute Gasteiger partial charge is 0.233 e. The van der Waals surface area contributed by atoms with Crippen LogP contribution in [-0.2, 0) is 10.0 Å². The summed E-state index contributed by atoms with van der Waals surface area (Å²) < 4.78 is 25.7. The minimum absolute atomic E-state index is 0.112. The van der Waals surface area contributed by atoms with Crippen molar-refractivity contribution in [2.24, 2.45) is 0 Å². The topological polar surface area (TPSA) is 59.1 Å². The maximum Gasteiger partial charge on any atom is 0.233 e. The molecule has 0 aliphatic heterocycles. The van der Waals surface area contributed by atoms with Crippen molar-refractivity contribution in [2.75, 3.05) is 10.5 Å². The first-order valence-corrected chi connectivity index (χ1v) is 6.61. The van der Waals surface area contributed by atoms with Gasteiger partial charge in [0.05, 0.1) is 5.75 Å². The highest BCUT2D eigenvalue weighted by atomic mass is 79.9. The number of pyridine rings is 1. The Kier molecular flexibility index (Phi) is 3.88. The molecule has 0 aromatic carbocycles. The Morgan fingerprint density at radius 1 is 1.50 bits per heavy atom. The Bertz CT molecular complexity index is 406. The van der Waals surface area contributed by atoms with Crippen molar-refractivity contribution in [1.29, 1.82) is 0 Å². The first-order chi connectivity index (χ1) is 6.53. The highest BCUT2D eigenvalue weighted by Crippen LogP contribution is 2.11. The van der Waals surface area contributed by atoms with Crippen LogP contribution in [0.15, 0.2) is 22.8 Å². The molecule has 14 heavy (non-hydrogen) atoms. The summed E-state index contributed by atoms with van der Waals surface area (Å²) in [4.78, 5) is 3.97. The lowest BCUT2D eigenvalue weighted by Gasteiger charge is -2.05. The number of hydrogen-bond donors (Lipinski definition) is 1. The average molecular weight is 279 g/mol. The number of anilines is 1. The van der Waals surface area contributed by atoms with Crippen LogP contribution in [0, 0.1) is 0 Å². The molecule has 1 heterocycles. The molecule has 78 valence electrons. The van der Waals surface area contributed by atoms with Crippen molar-refractivity contribution in [3.8, 4) is 0 Å². The van der Waals surface area contributed by atoms with Gasteiger partial charge in [-0.15, -0.1) is 0 Å². The molecule has 0 fully saturated rings. The SMILES string of the molecule is CCCS(=O)(=O)Nc1cccc(Br)n1. The zero-order valence-electron chi connectivity index (χ0n) is 7.70. The molecule has 0 amide bonds. The molecule has 0 unspecified atom stereocenters. The maximum atomic E-state index is 11.3. The van der Waals surface area contributed by atoms with Crippen LogP contribution in [0.2, 0.25) is 0 Å². The third-order valence-corrected chi connectivity index (χ3v) is 3.36. The largest absolute Gasteiger partial charge is 0.267 e. The minimum atomic E-state index is -3.23. The van der Waals surface area contributed by atoms with E-state index < -0.39 is 10.0 Å². The van der Waals surface area contributed by atoms with E-state index in [1.165, 1.54) is 0 Å². The number of hydrogen-bond acceptors (Lipinski definition) is 3. The zero-order chi connectivity index (χ0) is 10.6. The number of nitrogens with one attached hydrogen (secondary N) is 1. The molecular weight excluding hydrogens is 268 g/mol. The number of nitrogens with zero attached hydrogens (tertiary/aromatic N) is 1. The fourth-order valence-electron chi connectivity index (χ4n) is 0.944. The van der Waals surface area contributed by atoms with Gasteiger partial charge in [-0.1, -0.05) is 13.0 Å². The van der Waals surface area contributed by atoms with Crippen LogP contribution in [0.5, 0.6) is 0 Å². The minimum Gasteiger partial charge on any atom is -0.267 e. The van der Waals surface area contributed by atoms with E-state index in [2.05, 4.69) is 25.6 Å². The van der Waals surface area contributed by atoms with Crippen molar-refractivity contribution < 1.29 is 8.42 Å². The van der Waals surface area contributed by atoms with Crippen molar-refractivity contribution in [3.05, 3.63) is 22.8 Å². The predicted molar refractivity (Wildman–Crippen MR) is 59.6 cm³/mol.